The molecule has 92 valence electrons. The van der Waals surface area contributed by atoms with Crippen LogP contribution in [0.1, 0.15) is 19.5 Å². The Balaban J connectivity index is 1.94. The molecular weight excluding hydrogens is 212 g/mol. The molecule has 2 fully saturated rings. The highest BCUT2D eigenvalue weighted by atomic mass is 15.3. The SMILES string of the molecule is Cc1ccnc(N2CC3CNCC3C2(C)C)n1. The Kier molecular flexibility index (Phi) is 2.36. The molecule has 4 nitrogen and oxygen atoms in total. The summed E-state index contributed by atoms with van der Waals surface area (Å²) in [6.07, 6.45) is 1.86. The first-order valence-electron chi connectivity index (χ1n) is 6.37. The smallest absolute Gasteiger partial charge is 0.225 e. The Labute approximate surface area is 102 Å². The highest BCUT2D eigenvalue weighted by molar-refractivity contribution is 5.39. The number of fused-ring (bicyclic) bond motifs is 1. The van der Waals surface area contributed by atoms with Crippen molar-refractivity contribution in [2.45, 2.75) is 26.3 Å². The maximum atomic E-state index is 4.57. The molecule has 2 unspecified atom stereocenters. The monoisotopic (exact) mass is 232 g/mol. The van der Waals surface area contributed by atoms with Gasteiger partial charge in [0, 0.05) is 37.1 Å². The zero-order chi connectivity index (χ0) is 12.0. The van der Waals surface area contributed by atoms with E-state index in [0.717, 1.165) is 37.2 Å². The third-order valence-electron chi connectivity index (χ3n) is 4.38. The van der Waals surface area contributed by atoms with E-state index in [1.807, 2.05) is 19.2 Å². The maximum absolute atomic E-state index is 4.57. The van der Waals surface area contributed by atoms with Crippen molar-refractivity contribution in [2.24, 2.45) is 11.8 Å². The van der Waals surface area contributed by atoms with Crippen molar-refractivity contribution in [3.63, 3.8) is 0 Å². The first-order valence-corrected chi connectivity index (χ1v) is 6.37. The summed E-state index contributed by atoms with van der Waals surface area (Å²) in [6, 6.07) is 1.95. The van der Waals surface area contributed by atoms with Crippen molar-refractivity contribution < 1.29 is 0 Å². The van der Waals surface area contributed by atoms with E-state index in [1.165, 1.54) is 0 Å². The summed E-state index contributed by atoms with van der Waals surface area (Å²) >= 11 is 0. The van der Waals surface area contributed by atoms with Gasteiger partial charge in [0.2, 0.25) is 5.95 Å². The molecule has 1 N–H and O–H groups in total. The first-order chi connectivity index (χ1) is 8.09. The Morgan fingerprint density at radius 2 is 2.24 bits per heavy atom. The van der Waals surface area contributed by atoms with Gasteiger partial charge in [-0.15, -0.1) is 0 Å². The number of rotatable bonds is 1. The van der Waals surface area contributed by atoms with E-state index in [0.29, 0.717) is 5.92 Å². The van der Waals surface area contributed by atoms with Crippen LogP contribution in [0.5, 0.6) is 0 Å². The van der Waals surface area contributed by atoms with E-state index in [-0.39, 0.29) is 5.54 Å². The fourth-order valence-electron chi connectivity index (χ4n) is 3.33. The van der Waals surface area contributed by atoms with E-state index in [9.17, 15) is 0 Å². The average Bonchev–Trinajstić information content (AvgIpc) is 2.81. The zero-order valence-electron chi connectivity index (χ0n) is 10.8. The number of aryl methyl sites for hydroxylation is 1. The normalized spacial score (nSPS) is 30.6. The molecule has 2 saturated heterocycles. The van der Waals surface area contributed by atoms with Gasteiger partial charge in [0.15, 0.2) is 0 Å². The second kappa shape index (κ2) is 3.67. The van der Waals surface area contributed by atoms with Crippen LogP contribution in [0.15, 0.2) is 12.3 Å². The van der Waals surface area contributed by atoms with Crippen LogP contribution in [0.3, 0.4) is 0 Å². The largest absolute Gasteiger partial charge is 0.335 e. The minimum atomic E-state index is 0.155. The lowest BCUT2D eigenvalue weighted by molar-refractivity contribution is 0.355. The van der Waals surface area contributed by atoms with Gasteiger partial charge >= 0.3 is 0 Å². The Morgan fingerprint density at radius 3 is 2.94 bits per heavy atom. The highest BCUT2D eigenvalue weighted by Crippen LogP contribution is 2.41. The molecule has 0 saturated carbocycles. The van der Waals surface area contributed by atoms with Gasteiger partial charge in [-0.2, -0.15) is 0 Å². The summed E-state index contributed by atoms with van der Waals surface area (Å²) in [5, 5.41) is 3.50. The number of hydrogen-bond donors (Lipinski definition) is 1. The molecule has 2 atom stereocenters. The summed E-state index contributed by atoms with van der Waals surface area (Å²) in [5.41, 5.74) is 1.20. The topological polar surface area (TPSA) is 41.1 Å². The average molecular weight is 232 g/mol. The summed E-state index contributed by atoms with van der Waals surface area (Å²) in [7, 11) is 0. The molecule has 0 aromatic carbocycles. The van der Waals surface area contributed by atoms with Crippen LogP contribution in [-0.2, 0) is 0 Å². The zero-order valence-corrected chi connectivity index (χ0v) is 10.8. The number of nitrogens with one attached hydrogen (secondary N) is 1. The molecule has 0 bridgehead atoms. The predicted molar refractivity (Wildman–Crippen MR) is 68.0 cm³/mol. The van der Waals surface area contributed by atoms with Gasteiger partial charge in [-0.05, 0) is 38.7 Å². The van der Waals surface area contributed by atoms with Gasteiger partial charge < -0.3 is 10.2 Å². The van der Waals surface area contributed by atoms with E-state index in [2.05, 4.69) is 34.0 Å². The molecule has 2 aliphatic rings. The fourth-order valence-corrected chi connectivity index (χ4v) is 3.33. The summed E-state index contributed by atoms with van der Waals surface area (Å²) in [4.78, 5) is 11.4. The van der Waals surface area contributed by atoms with Crippen LogP contribution in [0.25, 0.3) is 0 Å². The van der Waals surface area contributed by atoms with Crippen molar-refractivity contribution >= 4 is 5.95 Å². The third kappa shape index (κ3) is 1.62. The molecule has 17 heavy (non-hydrogen) atoms. The van der Waals surface area contributed by atoms with Crippen LogP contribution in [0.4, 0.5) is 5.95 Å². The molecule has 0 aliphatic carbocycles. The van der Waals surface area contributed by atoms with Gasteiger partial charge in [-0.25, -0.2) is 9.97 Å². The van der Waals surface area contributed by atoms with Crippen LogP contribution in [-0.4, -0.2) is 35.1 Å². The van der Waals surface area contributed by atoms with Crippen LogP contribution >= 0.6 is 0 Å². The molecule has 1 aromatic rings. The minimum absolute atomic E-state index is 0.155. The Bertz CT molecular complexity index is 429. The number of aromatic nitrogens is 2. The molecule has 3 rings (SSSR count). The lowest BCUT2D eigenvalue weighted by Crippen LogP contribution is -2.45. The van der Waals surface area contributed by atoms with E-state index < -0.39 is 0 Å². The summed E-state index contributed by atoms with van der Waals surface area (Å²) < 4.78 is 0. The quantitative estimate of drug-likeness (QED) is 0.790. The molecule has 0 radical (unpaired) electrons. The molecule has 1 aromatic heterocycles. The molecule has 2 aliphatic heterocycles. The van der Waals surface area contributed by atoms with Gasteiger partial charge in [0.05, 0.1) is 0 Å². The fraction of sp³-hybridized carbons (Fsp3) is 0.692. The number of anilines is 1. The van der Waals surface area contributed by atoms with Crippen molar-refractivity contribution in [3.8, 4) is 0 Å². The molecular formula is C13H20N4. The predicted octanol–water partition coefficient (Wildman–Crippen LogP) is 1.22. The lowest BCUT2D eigenvalue weighted by atomic mass is 9.85. The highest BCUT2D eigenvalue weighted by Gasteiger charge is 2.50. The summed E-state index contributed by atoms with van der Waals surface area (Å²) in [6.45, 7) is 9.99. The van der Waals surface area contributed by atoms with E-state index >= 15 is 0 Å². The van der Waals surface area contributed by atoms with E-state index in [4.69, 9.17) is 0 Å². The molecule has 0 spiro atoms. The van der Waals surface area contributed by atoms with Crippen molar-refractivity contribution in [2.75, 3.05) is 24.5 Å². The number of nitrogens with zero attached hydrogens (tertiary/aromatic N) is 3. The van der Waals surface area contributed by atoms with Crippen molar-refractivity contribution in [3.05, 3.63) is 18.0 Å². The van der Waals surface area contributed by atoms with Crippen molar-refractivity contribution in [1.29, 1.82) is 0 Å². The van der Waals surface area contributed by atoms with Gasteiger partial charge in [-0.3, -0.25) is 0 Å². The number of hydrogen-bond acceptors (Lipinski definition) is 4. The van der Waals surface area contributed by atoms with Crippen molar-refractivity contribution in [1.82, 2.24) is 15.3 Å². The maximum Gasteiger partial charge on any atom is 0.225 e. The Morgan fingerprint density at radius 1 is 1.41 bits per heavy atom. The van der Waals surface area contributed by atoms with Gasteiger partial charge in [-0.1, -0.05) is 0 Å². The lowest BCUT2D eigenvalue weighted by Gasteiger charge is -2.35. The molecule has 0 amide bonds. The van der Waals surface area contributed by atoms with E-state index in [1.54, 1.807) is 0 Å². The van der Waals surface area contributed by atoms with Crippen LogP contribution in [0.2, 0.25) is 0 Å². The molecule has 4 heteroatoms. The second-order valence-electron chi connectivity index (χ2n) is 5.79. The second-order valence-corrected chi connectivity index (χ2v) is 5.79. The van der Waals surface area contributed by atoms with Crippen LogP contribution in [0, 0.1) is 18.8 Å². The summed E-state index contributed by atoms with van der Waals surface area (Å²) in [5.74, 6) is 2.35. The van der Waals surface area contributed by atoms with Gasteiger partial charge in [0.25, 0.3) is 0 Å². The van der Waals surface area contributed by atoms with Crippen LogP contribution < -0.4 is 10.2 Å². The van der Waals surface area contributed by atoms with Gasteiger partial charge in [0.1, 0.15) is 0 Å². The third-order valence-corrected chi connectivity index (χ3v) is 4.38. The molecule has 3 heterocycles. The minimum Gasteiger partial charge on any atom is -0.335 e. The first kappa shape index (κ1) is 11.0. The Hall–Kier alpha value is -1.16. The standard InChI is InChI=1S/C13H20N4/c1-9-4-5-15-12(16-9)17-8-10-6-14-7-11(10)13(17,2)3/h4-5,10-11,14H,6-8H2,1-3H3.